The topological polar surface area (TPSA) is 45.2 Å². The monoisotopic (exact) mass is 325 g/mol. The first-order valence-electron chi connectivity index (χ1n) is 7.87. The minimum Gasteiger partial charge on any atom is -0.338 e. The molecule has 1 aliphatic rings. The van der Waals surface area contributed by atoms with Crippen LogP contribution in [0.4, 0.5) is 5.95 Å². The highest BCUT2D eigenvalue weighted by Gasteiger charge is 2.20. The maximum absolute atomic E-state index is 4.75. The van der Waals surface area contributed by atoms with Gasteiger partial charge in [-0.1, -0.05) is 18.2 Å². The van der Waals surface area contributed by atoms with Gasteiger partial charge in [0.2, 0.25) is 5.95 Å². The summed E-state index contributed by atoms with van der Waals surface area (Å²) in [5, 5.41) is 3.26. The normalized spacial score (nSPS) is 16.1. The zero-order valence-corrected chi connectivity index (χ0v) is 14.0. The van der Waals surface area contributed by atoms with Crippen molar-refractivity contribution in [1.29, 1.82) is 0 Å². The van der Waals surface area contributed by atoms with Crippen LogP contribution in [0.5, 0.6) is 0 Å². The molecule has 3 heterocycles. The summed E-state index contributed by atoms with van der Waals surface area (Å²) < 4.78 is 0. The Labute approximate surface area is 139 Å². The van der Waals surface area contributed by atoms with E-state index >= 15 is 0 Å². The maximum Gasteiger partial charge on any atom is 0.226 e. The van der Waals surface area contributed by atoms with Crippen LogP contribution in [0.15, 0.2) is 35.2 Å². The predicted octanol–water partition coefficient (Wildman–Crippen LogP) is 2.72. The van der Waals surface area contributed by atoms with Crippen molar-refractivity contribution < 1.29 is 0 Å². The molecule has 2 aromatic heterocycles. The van der Waals surface area contributed by atoms with Crippen LogP contribution in [-0.2, 0) is 6.54 Å². The molecular formula is C17H19N5S. The number of fused-ring (bicyclic) bond motifs is 1. The van der Waals surface area contributed by atoms with Crippen molar-refractivity contribution in [1.82, 2.24) is 19.9 Å². The average molecular weight is 325 g/mol. The van der Waals surface area contributed by atoms with Gasteiger partial charge in [-0.05, 0) is 13.0 Å². The molecule has 4 rings (SSSR count). The Morgan fingerprint density at radius 2 is 1.91 bits per heavy atom. The lowest BCUT2D eigenvalue weighted by atomic mass is 10.2. The van der Waals surface area contributed by atoms with Crippen LogP contribution in [0.1, 0.15) is 11.4 Å². The van der Waals surface area contributed by atoms with Crippen molar-refractivity contribution in [3.8, 4) is 0 Å². The van der Waals surface area contributed by atoms with Crippen molar-refractivity contribution in [2.24, 2.45) is 0 Å². The number of nitrogens with zero attached hydrogens (tertiary/aromatic N) is 5. The Morgan fingerprint density at radius 3 is 2.70 bits per heavy atom. The van der Waals surface area contributed by atoms with Gasteiger partial charge >= 0.3 is 0 Å². The summed E-state index contributed by atoms with van der Waals surface area (Å²) in [7, 11) is 0. The van der Waals surface area contributed by atoms with Crippen LogP contribution in [0.3, 0.4) is 0 Å². The van der Waals surface area contributed by atoms with Gasteiger partial charge in [0.25, 0.3) is 0 Å². The maximum atomic E-state index is 4.75. The SMILES string of the molecule is Cc1nc(N2CCN(Cc3cscn3)CC2)nc2ccccc12. The fourth-order valence-corrected chi connectivity index (χ4v) is 3.56. The quantitative estimate of drug-likeness (QED) is 0.741. The molecule has 5 nitrogen and oxygen atoms in total. The molecular weight excluding hydrogens is 306 g/mol. The van der Waals surface area contributed by atoms with E-state index in [1.54, 1.807) is 11.3 Å². The Hall–Kier alpha value is -2.05. The smallest absolute Gasteiger partial charge is 0.226 e. The number of anilines is 1. The number of aromatic nitrogens is 3. The highest BCUT2D eigenvalue weighted by Crippen LogP contribution is 2.20. The van der Waals surface area contributed by atoms with E-state index in [4.69, 9.17) is 9.97 Å². The number of hydrogen-bond donors (Lipinski definition) is 0. The molecule has 1 saturated heterocycles. The standard InChI is InChI=1S/C17H19N5S/c1-13-15-4-2-3-5-16(15)20-17(19-13)22-8-6-21(7-9-22)10-14-11-23-12-18-14/h2-5,11-12H,6-10H2,1H3. The summed E-state index contributed by atoms with van der Waals surface area (Å²) in [6, 6.07) is 8.21. The summed E-state index contributed by atoms with van der Waals surface area (Å²) >= 11 is 1.66. The minimum absolute atomic E-state index is 0.856. The number of piperazine rings is 1. The Bertz CT molecular complexity index is 794. The number of aryl methyl sites for hydroxylation is 1. The molecule has 1 aromatic carbocycles. The van der Waals surface area contributed by atoms with Crippen LogP contribution >= 0.6 is 11.3 Å². The Kier molecular flexibility index (Phi) is 3.93. The molecule has 118 valence electrons. The highest BCUT2D eigenvalue weighted by molar-refractivity contribution is 7.07. The number of para-hydroxylation sites is 1. The molecule has 0 unspecified atom stereocenters. The zero-order chi connectivity index (χ0) is 15.6. The predicted molar refractivity (Wildman–Crippen MR) is 93.9 cm³/mol. The third-order valence-corrected chi connectivity index (χ3v) is 4.94. The molecule has 1 aliphatic heterocycles. The molecule has 0 spiro atoms. The fraction of sp³-hybridized carbons (Fsp3) is 0.353. The second-order valence-electron chi connectivity index (χ2n) is 5.87. The van der Waals surface area contributed by atoms with Crippen LogP contribution in [0.25, 0.3) is 10.9 Å². The van der Waals surface area contributed by atoms with Gasteiger partial charge in [-0.25, -0.2) is 15.0 Å². The van der Waals surface area contributed by atoms with Crippen molar-refractivity contribution in [3.05, 3.63) is 46.5 Å². The Balaban J connectivity index is 1.48. The summed E-state index contributed by atoms with van der Waals surface area (Å²) in [5.74, 6) is 0.856. The van der Waals surface area contributed by atoms with E-state index in [0.717, 1.165) is 55.3 Å². The Morgan fingerprint density at radius 1 is 1.09 bits per heavy atom. The van der Waals surface area contributed by atoms with Crippen LogP contribution in [0, 0.1) is 6.92 Å². The highest BCUT2D eigenvalue weighted by atomic mass is 32.1. The van der Waals surface area contributed by atoms with Gasteiger partial charge in [0, 0.05) is 43.5 Å². The second-order valence-corrected chi connectivity index (χ2v) is 6.59. The first kappa shape index (κ1) is 14.5. The third-order valence-electron chi connectivity index (χ3n) is 4.31. The van der Waals surface area contributed by atoms with Gasteiger partial charge in [0.1, 0.15) is 0 Å². The molecule has 0 amide bonds. The molecule has 23 heavy (non-hydrogen) atoms. The third kappa shape index (κ3) is 3.04. The molecule has 0 atom stereocenters. The summed E-state index contributed by atoms with van der Waals surface area (Å²) in [5.41, 5.74) is 5.15. The molecule has 0 radical (unpaired) electrons. The lowest BCUT2D eigenvalue weighted by Crippen LogP contribution is -2.46. The number of benzene rings is 1. The van der Waals surface area contributed by atoms with E-state index in [2.05, 4.69) is 39.2 Å². The zero-order valence-electron chi connectivity index (χ0n) is 13.1. The van der Waals surface area contributed by atoms with Crippen molar-refractivity contribution in [2.75, 3.05) is 31.1 Å². The van der Waals surface area contributed by atoms with E-state index in [1.807, 2.05) is 17.6 Å². The second kappa shape index (κ2) is 6.22. The lowest BCUT2D eigenvalue weighted by molar-refractivity contribution is 0.246. The summed E-state index contributed by atoms with van der Waals surface area (Å²) in [4.78, 5) is 18.6. The minimum atomic E-state index is 0.856. The number of thiazole rings is 1. The van der Waals surface area contributed by atoms with Gasteiger partial charge in [-0.2, -0.15) is 0 Å². The molecule has 0 aliphatic carbocycles. The van der Waals surface area contributed by atoms with Gasteiger partial charge in [-0.3, -0.25) is 4.90 Å². The molecule has 6 heteroatoms. The van der Waals surface area contributed by atoms with Crippen LogP contribution in [0.2, 0.25) is 0 Å². The molecule has 1 fully saturated rings. The lowest BCUT2D eigenvalue weighted by Gasteiger charge is -2.34. The van der Waals surface area contributed by atoms with E-state index in [0.29, 0.717) is 0 Å². The fourth-order valence-electron chi connectivity index (χ4n) is 3.01. The molecule has 0 bridgehead atoms. The van der Waals surface area contributed by atoms with E-state index in [9.17, 15) is 0 Å². The number of hydrogen-bond acceptors (Lipinski definition) is 6. The number of rotatable bonds is 3. The first-order valence-corrected chi connectivity index (χ1v) is 8.81. The van der Waals surface area contributed by atoms with E-state index in [-0.39, 0.29) is 0 Å². The van der Waals surface area contributed by atoms with Gasteiger partial charge in [-0.15, -0.1) is 11.3 Å². The summed E-state index contributed by atoms with van der Waals surface area (Å²) in [6.07, 6.45) is 0. The molecule has 0 N–H and O–H groups in total. The van der Waals surface area contributed by atoms with Gasteiger partial charge in [0.05, 0.1) is 22.4 Å². The van der Waals surface area contributed by atoms with Gasteiger partial charge < -0.3 is 4.90 Å². The van der Waals surface area contributed by atoms with Crippen molar-refractivity contribution >= 4 is 28.2 Å². The average Bonchev–Trinajstić information content (AvgIpc) is 3.08. The van der Waals surface area contributed by atoms with Crippen LogP contribution < -0.4 is 4.90 Å². The van der Waals surface area contributed by atoms with Gasteiger partial charge in [0.15, 0.2) is 0 Å². The van der Waals surface area contributed by atoms with E-state index in [1.165, 1.54) is 5.69 Å². The van der Waals surface area contributed by atoms with Crippen LogP contribution in [-0.4, -0.2) is 46.0 Å². The van der Waals surface area contributed by atoms with E-state index < -0.39 is 0 Å². The van der Waals surface area contributed by atoms with Crippen molar-refractivity contribution in [2.45, 2.75) is 13.5 Å². The molecule has 3 aromatic rings. The molecule has 0 saturated carbocycles. The summed E-state index contributed by atoms with van der Waals surface area (Å²) in [6.45, 7) is 6.96. The van der Waals surface area contributed by atoms with Crippen molar-refractivity contribution in [3.63, 3.8) is 0 Å². The first-order chi connectivity index (χ1) is 11.3. The largest absolute Gasteiger partial charge is 0.338 e.